The van der Waals surface area contributed by atoms with Gasteiger partial charge < -0.3 is 4.74 Å². The summed E-state index contributed by atoms with van der Waals surface area (Å²) in [6, 6.07) is 0. The van der Waals surface area contributed by atoms with E-state index in [-0.39, 0.29) is 17.0 Å². The molecule has 0 N–H and O–H groups in total. The second-order valence-corrected chi connectivity index (χ2v) is 6.30. The number of rotatable bonds is 3. The van der Waals surface area contributed by atoms with E-state index in [1.54, 1.807) is 0 Å². The molecule has 0 radical (unpaired) electrons. The van der Waals surface area contributed by atoms with Crippen molar-refractivity contribution < 1.29 is 9.53 Å². The van der Waals surface area contributed by atoms with E-state index in [4.69, 9.17) is 4.74 Å². The fourth-order valence-corrected chi connectivity index (χ4v) is 2.85. The Bertz CT molecular complexity index is 324. The Labute approximate surface area is 105 Å². The number of carbonyl (C=O) groups excluding carboxylic acids is 1. The van der Waals surface area contributed by atoms with Crippen molar-refractivity contribution in [3.05, 3.63) is 11.6 Å². The standard InChI is InChI=1S/C15H26O2/c1-11(2)7-8-13-9-10-15(6,14(13,4)5)17-12(3)16/h7,13H,8-10H2,1-6H3/t13-,15-/m1/s1. The van der Waals surface area contributed by atoms with E-state index in [0.29, 0.717) is 5.92 Å². The molecule has 98 valence electrons. The van der Waals surface area contributed by atoms with Crippen LogP contribution in [0.1, 0.15) is 60.8 Å². The van der Waals surface area contributed by atoms with Gasteiger partial charge >= 0.3 is 5.97 Å². The molecule has 0 spiro atoms. The summed E-state index contributed by atoms with van der Waals surface area (Å²) >= 11 is 0. The lowest BCUT2D eigenvalue weighted by atomic mass is 9.72. The Balaban J connectivity index is 2.81. The number of carbonyl (C=O) groups is 1. The van der Waals surface area contributed by atoms with Crippen LogP contribution in [0.25, 0.3) is 0 Å². The van der Waals surface area contributed by atoms with Crippen LogP contribution in [0.5, 0.6) is 0 Å². The van der Waals surface area contributed by atoms with Crippen LogP contribution < -0.4 is 0 Å². The SMILES string of the molecule is CC(=O)O[C@]1(C)CC[C@@H](CC=C(C)C)C1(C)C. The summed E-state index contributed by atoms with van der Waals surface area (Å²) in [6.45, 7) is 12.3. The molecule has 17 heavy (non-hydrogen) atoms. The highest BCUT2D eigenvalue weighted by Crippen LogP contribution is 2.53. The maximum absolute atomic E-state index is 11.2. The smallest absolute Gasteiger partial charge is 0.303 e. The van der Waals surface area contributed by atoms with E-state index in [1.807, 2.05) is 0 Å². The van der Waals surface area contributed by atoms with Crippen molar-refractivity contribution in [2.45, 2.75) is 66.4 Å². The Morgan fingerprint density at radius 1 is 1.29 bits per heavy atom. The zero-order valence-electron chi connectivity index (χ0n) is 12.1. The van der Waals surface area contributed by atoms with E-state index in [2.05, 4.69) is 40.7 Å². The number of hydrogen-bond donors (Lipinski definition) is 0. The van der Waals surface area contributed by atoms with Crippen LogP contribution in [0.2, 0.25) is 0 Å². The molecule has 0 heterocycles. The van der Waals surface area contributed by atoms with E-state index < -0.39 is 0 Å². The Morgan fingerprint density at radius 2 is 1.88 bits per heavy atom. The summed E-state index contributed by atoms with van der Waals surface area (Å²) in [5.41, 5.74) is 1.10. The summed E-state index contributed by atoms with van der Waals surface area (Å²) in [5.74, 6) is 0.435. The van der Waals surface area contributed by atoms with E-state index >= 15 is 0 Å². The van der Waals surface area contributed by atoms with Crippen molar-refractivity contribution in [2.24, 2.45) is 11.3 Å². The monoisotopic (exact) mass is 238 g/mol. The fraction of sp³-hybridized carbons (Fsp3) is 0.800. The lowest BCUT2D eigenvalue weighted by molar-refractivity contribution is -0.166. The average molecular weight is 238 g/mol. The Kier molecular flexibility index (Phi) is 4.06. The highest BCUT2D eigenvalue weighted by atomic mass is 16.6. The number of ether oxygens (including phenoxy) is 1. The van der Waals surface area contributed by atoms with Crippen LogP contribution in [0.4, 0.5) is 0 Å². The maximum Gasteiger partial charge on any atom is 0.303 e. The van der Waals surface area contributed by atoms with Crippen LogP contribution >= 0.6 is 0 Å². The van der Waals surface area contributed by atoms with Crippen LogP contribution in [0.15, 0.2) is 11.6 Å². The summed E-state index contributed by atoms with van der Waals surface area (Å²) in [4.78, 5) is 11.2. The largest absolute Gasteiger partial charge is 0.459 e. The number of allylic oxidation sites excluding steroid dienone is 2. The Morgan fingerprint density at radius 3 is 2.35 bits per heavy atom. The highest BCUT2D eigenvalue weighted by molar-refractivity contribution is 5.66. The van der Waals surface area contributed by atoms with Gasteiger partial charge in [0.15, 0.2) is 0 Å². The molecule has 0 aliphatic heterocycles. The molecule has 1 rings (SSSR count). The molecular formula is C15H26O2. The van der Waals surface area contributed by atoms with Crippen molar-refractivity contribution in [1.29, 1.82) is 0 Å². The van der Waals surface area contributed by atoms with E-state index in [0.717, 1.165) is 19.3 Å². The van der Waals surface area contributed by atoms with Crippen LogP contribution in [-0.2, 0) is 9.53 Å². The molecule has 0 aromatic carbocycles. The van der Waals surface area contributed by atoms with Gasteiger partial charge in [-0.2, -0.15) is 0 Å². The fourth-order valence-electron chi connectivity index (χ4n) is 2.85. The van der Waals surface area contributed by atoms with Gasteiger partial charge in [0.05, 0.1) is 0 Å². The lowest BCUT2D eigenvalue weighted by Gasteiger charge is -2.40. The van der Waals surface area contributed by atoms with Gasteiger partial charge in [0.1, 0.15) is 5.60 Å². The van der Waals surface area contributed by atoms with Crippen molar-refractivity contribution in [2.75, 3.05) is 0 Å². The molecular weight excluding hydrogens is 212 g/mol. The molecule has 0 saturated heterocycles. The first-order valence-corrected chi connectivity index (χ1v) is 6.52. The van der Waals surface area contributed by atoms with Gasteiger partial charge in [0.25, 0.3) is 0 Å². The zero-order chi connectivity index (χ0) is 13.3. The molecule has 1 saturated carbocycles. The molecule has 2 heteroatoms. The molecule has 0 aromatic heterocycles. The topological polar surface area (TPSA) is 26.3 Å². The van der Waals surface area contributed by atoms with E-state index in [9.17, 15) is 4.79 Å². The molecule has 0 aromatic rings. The van der Waals surface area contributed by atoms with Gasteiger partial charge in [-0.05, 0) is 46.0 Å². The Hall–Kier alpha value is -0.790. The predicted octanol–water partition coefficient (Wildman–Crippen LogP) is 4.10. The molecule has 0 bridgehead atoms. The number of hydrogen-bond acceptors (Lipinski definition) is 2. The van der Waals surface area contributed by atoms with Gasteiger partial charge in [-0.25, -0.2) is 0 Å². The molecule has 1 aliphatic rings. The first-order chi connectivity index (χ1) is 7.69. The predicted molar refractivity (Wildman–Crippen MR) is 70.7 cm³/mol. The molecule has 0 unspecified atom stereocenters. The minimum absolute atomic E-state index is 0.0462. The van der Waals surface area contributed by atoms with Crippen LogP contribution in [-0.4, -0.2) is 11.6 Å². The van der Waals surface area contributed by atoms with Crippen molar-refractivity contribution in [3.63, 3.8) is 0 Å². The molecule has 2 nitrogen and oxygen atoms in total. The second-order valence-electron chi connectivity index (χ2n) is 6.30. The summed E-state index contributed by atoms with van der Waals surface area (Å²) in [6.07, 6.45) is 5.50. The van der Waals surface area contributed by atoms with E-state index in [1.165, 1.54) is 12.5 Å². The first-order valence-electron chi connectivity index (χ1n) is 6.52. The number of esters is 1. The van der Waals surface area contributed by atoms with Gasteiger partial charge in [0.2, 0.25) is 0 Å². The molecule has 1 aliphatic carbocycles. The van der Waals surface area contributed by atoms with Gasteiger partial charge in [0, 0.05) is 12.3 Å². The molecule has 1 fully saturated rings. The third-order valence-electron chi connectivity index (χ3n) is 4.53. The van der Waals surface area contributed by atoms with Crippen molar-refractivity contribution >= 4 is 5.97 Å². The maximum atomic E-state index is 11.2. The molecule has 0 amide bonds. The highest BCUT2D eigenvalue weighted by Gasteiger charge is 2.53. The summed E-state index contributed by atoms with van der Waals surface area (Å²) in [7, 11) is 0. The zero-order valence-corrected chi connectivity index (χ0v) is 12.1. The first kappa shape index (κ1) is 14.3. The normalized spacial score (nSPS) is 31.1. The third kappa shape index (κ3) is 2.91. The summed E-state index contributed by atoms with van der Waals surface area (Å²) in [5, 5.41) is 0. The minimum atomic E-state index is -0.307. The van der Waals surface area contributed by atoms with Crippen molar-refractivity contribution in [1.82, 2.24) is 0 Å². The van der Waals surface area contributed by atoms with Crippen LogP contribution in [0, 0.1) is 11.3 Å². The third-order valence-corrected chi connectivity index (χ3v) is 4.53. The van der Waals surface area contributed by atoms with Gasteiger partial charge in [-0.15, -0.1) is 0 Å². The second kappa shape index (κ2) is 4.83. The minimum Gasteiger partial charge on any atom is -0.459 e. The lowest BCUT2D eigenvalue weighted by Crippen LogP contribution is -2.43. The average Bonchev–Trinajstić information content (AvgIpc) is 2.34. The van der Waals surface area contributed by atoms with Crippen LogP contribution in [0.3, 0.4) is 0 Å². The van der Waals surface area contributed by atoms with Gasteiger partial charge in [-0.3, -0.25) is 4.79 Å². The summed E-state index contributed by atoms with van der Waals surface area (Å²) < 4.78 is 5.59. The van der Waals surface area contributed by atoms with Gasteiger partial charge in [-0.1, -0.05) is 25.5 Å². The quantitative estimate of drug-likeness (QED) is 0.546. The molecule has 2 atom stereocenters. The van der Waals surface area contributed by atoms with Crippen molar-refractivity contribution in [3.8, 4) is 0 Å².